The van der Waals surface area contributed by atoms with E-state index >= 15 is 0 Å². The molecular weight excluding hydrogens is 242 g/mol. The number of carbonyl (C=O) groups is 1. The van der Waals surface area contributed by atoms with Crippen LogP contribution in [0.25, 0.3) is 0 Å². The molecule has 19 heavy (non-hydrogen) atoms. The summed E-state index contributed by atoms with van der Waals surface area (Å²) in [6.45, 7) is 7.57. The fourth-order valence-electron chi connectivity index (χ4n) is 3.03. The lowest BCUT2D eigenvalue weighted by Gasteiger charge is -2.43. The number of amides is 2. The highest BCUT2D eigenvalue weighted by Gasteiger charge is 2.36. The average molecular weight is 269 g/mol. The van der Waals surface area contributed by atoms with Gasteiger partial charge >= 0.3 is 6.03 Å². The van der Waals surface area contributed by atoms with Gasteiger partial charge in [0.2, 0.25) is 0 Å². The van der Waals surface area contributed by atoms with Crippen molar-refractivity contribution < 1.29 is 9.53 Å². The summed E-state index contributed by atoms with van der Waals surface area (Å²) in [5, 5.41) is 0. The quantitative estimate of drug-likeness (QED) is 0.783. The zero-order valence-corrected chi connectivity index (χ0v) is 12.2. The Kier molecular flexibility index (Phi) is 4.68. The minimum absolute atomic E-state index is 0.0420. The number of rotatable bonds is 1. The second kappa shape index (κ2) is 6.09. The number of ether oxygens (including phenoxy) is 1. The number of nitrogens with zero attached hydrogens (tertiary/aromatic N) is 2. The van der Waals surface area contributed by atoms with E-state index in [2.05, 4.69) is 0 Å². The summed E-state index contributed by atoms with van der Waals surface area (Å²) < 4.78 is 5.88. The van der Waals surface area contributed by atoms with Gasteiger partial charge in [0, 0.05) is 26.2 Å². The fourth-order valence-corrected chi connectivity index (χ4v) is 3.03. The van der Waals surface area contributed by atoms with Crippen LogP contribution in [-0.2, 0) is 4.74 Å². The number of urea groups is 1. The maximum absolute atomic E-state index is 12.6. The molecule has 0 aromatic carbocycles. The van der Waals surface area contributed by atoms with E-state index < -0.39 is 0 Å². The number of likely N-dealkylation sites (tertiary alicyclic amines) is 1. The van der Waals surface area contributed by atoms with Crippen LogP contribution in [0.15, 0.2) is 0 Å². The molecule has 2 N–H and O–H groups in total. The molecule has 2 heterocycles. The molecule has 0 saturated carbocycles. The molecular formula is C14H27N3O2. The summed E-state index contributed by atoms with van der Waals surface area (Å²) in [6.07, 6.45) is 4.69. The van der Waals surface area contributed by atoms with E-state index in [4.69, 9.17) is 10.5 Å². The molecule has 1 atom stereocenters. The van der Waals surface area contributed by atoms with Crippen molar-refractivity contribution in [1.29, 1.82) is 0 Å². The van der Waals surface area contributed by atoms with E-state index in [0.29, 0.717) is 19.6 Å². The molecule has 1 unspecified atom stereocenters. The molecule has 2 aliphatic heterocycles. The van der Waals surface area contributed by atoms with E-state index in [1.165, 1.54) is 12.8 Å². The molecule has 0 bridgehead atoms. The van der Waals surface area contributed by atoms with Crippen molar-refractivity contribution in [3.63, 3.8) is 0 Å². The highest BCUT2D eigenvalue weighted by molar-refractivity contribution is 5.74. The molecule has 0 aromatic heterocycles. The summed E-state index contributed by atoms with van der Waals surface area (Å²) in [5.41, 5.74) is 5.41. The minimum Gasteiger partial charge on any atom is -0.367 e. The van der Waals surface area contributed by atoms with Crippen LogP contribution >= 0.6 is 0 Å². The Labute approximate surface area is 116 Å². The van der Waals surface area contributed by atoms with Crippen LogP contribution < -0.4 is 5.73 Å². The SMILES string of the molecule is CC1(C)CN(C(=O)N2CCCCCC2)CC(CN)O1. The van der Waals surface area contributed by atoms with E-state index in [0.717, 1.165) is 25.9 Å². The average Bonchev–Trinajstić information content (AvgIpc) is 2.64. The first kappa shape index (κ1) is 14.6. The summed E-state index contributed by atoms with van der Waals surface area (Å²) >= 11 is 0. The van der Waals surface area contributed by atoms with Gasteiger partial charge in [-0.3, -0.25) is 0 Å². The van der Waals surface area contributed by atoms with Crippen LogP contribution in [0.2, 0.25) is 0 Å². The molecule has 2 fully saturated rings. The predicted molar refractivity (Wildman–Crippen MR) is 75.0 cm³/mol. The van der Waals surface area contributed by atoms with Crippen LogP contribution in [0.4, 0.5) is 4.79 Å². The van der Waals surface area contributed by atoms with Crippen LogP contribution in [0.5, 0.6) is 0 Å². The molecule has 0 aliphatic carbocycles. The summed E-state index contributed by atoms with van der Waals surface area (Å²) in [4.78, 5) is 16.5. The third kappa shape index (κ3) is 3.83. The number of hydrogen-bond donors (Lipinski definition) is 1. The monoisotopic (exact) mass is 269 g/mol. The normalized spacial score (nSPS) is 28.1. The van der Waals surface area contributed by atoms with Gasteiger partial charge in [-0.2, -0.15) is 0 Å². The van der Waals surface area contributed by atoms with Crippen molar-refractivity contribution in [2.24, 2.45) is 5.73 Å². The van der Waals surface area contributed by atoms with Crippen molar-refractivity contribution in [2.75, 3.05) is 32.7 Å². The smallest absolute Gasteiger partial charge is 0.320 e. The largest absolute Gasteiger partial charge is 0.367 e. The van der Waals surface area contributed by atoms with Crippen molar-refractivity contribution in [2.45, 2.75) is 51.2 Å². The van der Waals surface area contributed by atoms with Gasteiger partial charge in [0.15, 0.2) is 0 Å². The number of nitrogens with two attached hydrogens (primary N) is 1. The van der Waals surface area contributed by atoms with Gasteiger partial charge in [-0.25, -0.2) is 4.79 Å². The van der Waals surface area contributed by atoms with Gasteiger partial charge in [0.05, 0.1) is 18.2 Å². The first-order valence-electron chi connectivity index (χ1n) is 7.43. The molecule has 0 radical (unpaired) electrons. The van der Waals surface area contributed by atoms with Crippen molar-refractivity contribution in [3.8, 4) is 0 Å². The van der Waals surface area contributed by atoms with Crippen molar-refractivity contribution in [3.05, 3.63) is 0 Å². The lowest BCUT2D eigenvalue weighted by molar-refractivity contribution is -0.122. The number of hydrogen-bond acceptors (Lipinski definition) is 3. The van der Waals surface area contributed by atoms with E-state index in [1.54, 1.807) is 0 Å². The Bertz CT molecular complexity index is 312. The first-order chi connectivity index (χ1) is 9.02. The molecule has 0 aromatic rings. The topological polar surface area (TPSA) is 58.8 Å². The second-order valence-corrected chi connectivity index (χ2v) is 6.30. The Morgan fingerprint density at radius 1 is 1.21 bits per heavy atom. The summed E-state index contributed by atoms with van der Waals surface area (Å²) in [6, 6.07) is 0.164. The third-order valence-corrected chi connectivity index (χ3v) is 3.89. The van der Waals surface area contributed by atoms with Gasteiger partial charge in [-0.05, 0) is 26.7 Å². The molecule has 2 amide bonds. The van der Waals surface area contributed by atoms with Gasteiger partial charge < -0.3 is 20.3 Å². The van der Waals surface area contributed by atoms with Gasteiger partial charge in [-0.15, -0.1) is 0 Å². The maximum atomic E-state index is 12.6. The predicted octanol–water partition coefficient (Wildman–Crippen LogP) is 1.42. The molecule has 5 nitrogen and oxygen atoms in total. The van der Waals surface area contributed by atoms with Gasteiger partial charge in [-0.1, -0.05) is 12.8 Å². The zero-order valence-electron chi connectivity index (χ0n) is 12.2. The van der Waals surface area contributed by atoms with Crippen LogP contribution in [0.3, 0.4) is 0 Å². The summed E-state index contributed by atoms with van der Waals surface area (Å²) in [7, 11) is 0. The Hall–Kier alpha value is -0.810. The number of morpholine rings is 1. The highest BCUT2D eigenvalue weighted by Crippen LogP contribution is 2.22. The second-order valence-electron chi connectivity index (χ2n) is 6.30. The molecule has 110 valence electrons. The van der Waals surface area contributed by atoms with Gasteiger partial charge in [0.25, 0.3) is 0 Å². The zero-order chi connectivity index (χ0) is 13.9. The molecule has 2 rings (SSSR count). The minimum atomic E-state index is -0.302. The van der Waals surface area contributed by atoms with E-state index in [1.807, 2.05) is 23.6 Å². The lowest BCUT2D eigenvalue weighted by Crippen LogP contribution is -2.59. The van der Waals surface area contributed by atoms with Crippen molar-refractivity contribution >= 4 is 6.03 Å². The molecule has 5 heteroatoms. The van der Waals surface area contributed by atoms with E-state index in [-0.39, 0.29) is 17.7 Å². The Morgan fingerprint density at radius 3 is 2.42 bits per heavy atom. The Balaban J connectivity index is 2.00. The number of carbonyl (C=O) groups excluding carboxylic acids is 1. The summed E-state index contributed by atoms with van der Waals surface area (Å²) in [5.74, 6) is 0. The highest BCUT2D eigenvalue weighted by atomic mass is 16.5. The molecule has 2 saturated heterocycles. The standard InChI is InChI=1S/C14H27N3O2/c1-14(2)11-17(10-12(9-15)19-14)13(18)16-7-5-3-4-6-8-16/h12H,3-11,15H2,1-2H3. The first-order valence-corrected chi connectivity index (χ1v) is 7.43. The maximum Gasteiger partial charge on any atom is 0.320 e. The van der Waals surface area contributed by atoms with E-state index in [9.17, 15) is 4.79 Å². The molecule has 0 spiro atoms. The third-order valence-electron chi connectivity index (χ3n) is 3.89. The van der Waals surface area contributed by atoms with Gasteiger partial charge in [0.1, 0.15) is 0 Å². The van der Waals surface area contributed by atoms with Crippen LogP contribution in [-0.4, -0.2) is 60.3 Å². The van der Waals surface area contributed by atoms with Crippen LogP contribution in [0.1, 0.15) is 39.5 Å². The lowest BCUT2D eigenvalue weighted by atomic mass is 10.1. The fraction of sp³-hybridized carbons (Fsp3) is 0.929. The van der Waals surface area contributed by atoms with Crippen molar-refractivity contribution in [1.82, 2.24) is 9.80 Å². The molecule has 2 aliphatic rings. The van der Waals surface area contributed by atoms with Crippen LogP contribution in [0, 0.1) is 0 Å². The Morgan fingerprint density at radius 2 is 1.84 bits per heavy atom.